The van der Waals surface area contributed by atoms with Crippen LogP contribution < -0.4 is 10.6 Å². The van der Waals surface area contributed by atoms with Gasteiger partial charge in [-0.25, -0.2) is 0 Å². The van der Waals surface area contributed by atoms with Gasteiger partial charge in [0, 0.05) is 31.6 Å². The van der Waals surface area contributed by atoms with Crippen LogP contribution in [0.3, 0.4) is 0 Å². The fourth-order valence-corrected chi connectivity index (χ4v) is 9.12. The molecule has 2 N–H and O–H groups in total. The lowest BCUT2D eigenvalue weighted by Gasteiger charge is -2.56. The van der Waals surface area contributed by atoms with E-state index in [4.69, 9.17) is 9.47 Å². The molecule has 0 radical (unpaired) electrons. The first-order chi connectivity index (χ1) is 20.3. The Bertz CT molecular complexity index is 1070. The highest BCUT2D eigenvalue weighted by Gasteiger charge is 2.58. The Labute approximate surface area is 251 Å². The second-order valence-corrected chi connectivity index (χ2v) is 13.9. The summed E-state index contributed by atoms with van der Waals surface area (Å²) >= 11 is 0. The molecule has 1 spiro atoms. The number of hydrogen-bond donors (Lipinski definition) is 2. The van der Waals surface area contributed by atoms with E-state index in [1.165, 1.54) is 31.8 Å². The molecule has 6 rings (SSSR count). The van der Waals surface area contributed by atoms with Gasteiger partial charge >= 0.3 is 0 Å². The van der Waals surface area contributed by atoms with E-state index in [0.717, 1.165) is 32.2 Å². The van der Waals surface area contributed by atoms with Crippen molar-refractivity contribution in [2.45, 2.75) is 101 Å². The number of carbonyl (C=O) groups excluding carboxylic acids is 2. The van der Waals surface area contributed by atoms with E-state index in [1.807, 2.05) is 0 Å². The highest BCUT2D eigenvalue weighted by Crippen LogP contribution is 2.49. The number of carbonyl (C=O) groups is 2. The number of hydrogen-bond acceptors (Lipinski definition) is 9. The van der Waals surface area contributed by atoms with Gasteiger partial charge in [-0.05, 0) is 75.9 Å². The molecule has 6 fully saturated rings. The normalized spacial score (nSPS) is 43.0. The summed E-state index contributed by atoms with van der Waals surface area (Å²) in [6, 6.07) is 2.07. The molecular formula is C32H50N6O4. The second-order valence-electron chi connectivity index (χ2n) is 13.9. The van der Waals surface area contributed by atoms with Crippen molar-refractivity contribution >= 4 is 11.7 Å². The zero-order valence-electron chi connectivity index (χ0n) is 25.5. The monoisotopic (exact) mass is 582 g/mol. The number of rotatable bonds is 6. The summed E-state index contributed by atoms with van der Waals surface area (Å²) in [4.78, 5) is 33.5. The number of nitriles is 1. The molecule has 4 aliphatic heterocycles. The zero-order valence-corrected chi connectivity index (χ0v) is 25.5. The van der Waals surface area contributed by atoms with Crippen LogP contribution in [0.15, 0.2) is 12.7 Å². The van der Waals surface area contributed by atoms with Crippen LogP contribution >= 0.6 is 0 Å². The molecule has 0 aromatic heterocycles. The van der Waals surface area contributed by atoms with E-state index in [-0.39, 0.29) is 42.3 Å². The minimum atomic E-state index is -0.705. The van der Waals surface area contributed by atoms with Crippen LogP contribution in [0, 0.1) is 35.0 Å². The Hall–Kier alpha value is -1.87. The molecule has 10 nitrogen and oxygen atoms in total. The van der Waals surface area contributed by atoms with Gasteiger partial charge < -0.3 is 19.3 Å². The van der Waals surface area contributed by atoms with Crippen LogP contribution in [0.25, 0.3) is 0 Å². The summed E-state index contributed by atoms with van der Waals surface area (Å²) in [7, 11) is 2.15. The smallest absolute Gasteiger partial charge is 0.246 e. The van der Waals surface area contributed by atoms with Crippen molar-refractivity contribution in [3.05, 3.63) is 12.7 Å². The number of nitrogens with zero attached hydrogens (tertiary/aromatic N) is 4. The molecule has 0 aromatic carbocycles. The minimum absolute atomic E-state index is 0.0492. The predicted molar refractivity (Wildman–Crippen MR) is 158 cm³/mol. The molecule has 10 heteroatoms. The van der Waals surface area contributed by atoms with Gasteiger partial charge in [0.1, 0.15) is 5.60 Å². The summed E-state index contributed by atoms with van der Waals surface area (Å²) < 4.78 is 13.1. The van der Waals surface area contributed by atoms with Crippen LogP contribution in [0.2, 0.25) is 0 Å². The molecule has 6 aliphatic rings. The number of amides is 1. The lowest BCUT2D eigenvalue weighted by molar-refractivity contribution is -0.191. The van der Waals surface area contributed by atoms with Crippen LogP contribution in [0.5, 0.6) is 0 Å². The van der Waals surface area contributed by atoms with Crippen molar-refractivity contribution < 1.29 is 19.1 Å². The average Bonchev–Trinajstić information content (AvgIpc) is 3.42. The molecule has 1 amide bonds. The first kappa shape index (κ1) is 30.2. The zero-order chi connectivity index (χ0) is 29.4. The maximum Gasteiger partial charge on any atom is 0.246 e. The number of Topliss-reactive ketones (excluding diaryl/α,β-unsaturated/α-hetero) is 1. The van der Waals surface area contributed by atoms with Gasteiger partial charge in [-0.2, -0.15) is 5.26 Å². The highest BCUT2D eigenvalue weighted by atomic mass is 16.5. The summed E-state index contributed by atoms with van der Waals surface area (Å²) in [5.74, 6) is 1.90. The van der Waals surface area contributed by atoms with E-state index >= 15 is 0 Å². The third kappa shape index (κ3) is 5.69. The molecule has 232 valence electrons. The molecule has 4 heterocycles. The molecule has 2 aliphatic carbocycles. The molecule has 2 saturated carbocycles. The summed E-state index contributed by atoms with van der Waals surface area (Å²) in [5, 5.41) is 16.9. The fourth-order valence-electron chi connectivity index (χ4n) is 9.12. The van der Waals surface area contributed by atoms with E-state index in [0.29, 0.717) is 56.6 Å². The van der Waals surface area contributed by atoms with Crippen molar-refractivity contribution in [2.75, 3.05) is 46.4 Å². The van der Waals surface area contributed by atoms with Crippen molar-refractivity contribution in [3.8, 4) is 6.07 Å². The summed E-state index contributed by atoms with van der Waals surface area (Å²) in [6.07, 6.45) is 9.51. The standard InChI is InChI=1S/C32H50N6O4/c1-4-27(39)38-16-15-37(18-23(38)11-13-33)30-25-10-12-32(17-22-8-5-7-21(2)26(22)20-42-32)29(40)28(25)34-31(35-30)41-19-24-9-6-14-36(24)3/h4,21-26,28,30-31,34-35H,1,5-12,14-20H2,2-3H3/t21?,22?,23?,24?,25?,26?,28?,30?,31?,32-/m0/s1. The molecule has 9 unspecified atom stereocenters. The lowest BCUT2D eigenvalue weighted by atomic mass is 9.62. The Morgan fingerprint density at radius 1 is 1.17 bits per heavy atom. The average molecular weight is 583 g/mol. The first-order valence-corrected chi connectivity index (χ1v) is 16.4. The minimum Gasteiger partial charge on any atom is -0.367 e. The molecule has 42 heavy (non-hydrogen) atoms. The Morgan fingerprint density at radius 2 is 2.02 bits per heavy atom. The Morgan fingerprint density at radius 3 is 2.79 bits per heavy atom. The molecule has 4 saturated heterocycles. The molecule has 10 atom stereocenters. The van der Waals surface area contributed by atoms with Crippen molar-refractivity contribution in [1.82, 2.24) is 25.3 Å². The van der Waals surface area contributed by atoms with E-state index < -0.39 is 12.0 Å². The topological polar surface area (TPSA) is 110 Å². The van der Waals surface area contributed by atoms with Gasteiger partial charge in [-0.1, -0.05) is 26.3 Å². The fraction of sp³-hybridized carbons (Fsp3) is 0.844. The number of piperazine rings is 1. The number of ether oxygens (including phenoxy) is 2. The maximum absolute atomic E-state index is 14.5. The van der Waals surface area contributed by atoms with Gasteiger partial charge in [0.2, 0.25) is 5.91 Å². The lowest BCUT2D eigenvalue weighted by Crippen LogP contribution is -2.76. The number of likely N-dealkylation sites (tertiary alicyclic amines) is 1. The van der Waals surface area contributed by atoms with Gasteiger partial charge in [-0.3, -0.25) is 25.1 Å². The largest absolute Gasteiger partial charge is 0.367 e. The predicted octanol–water partition coefficient (Wildman–Crippen LogP) is 2.07. The van der Waals surface area contributed by atoms with Gasteiger partial charge in [0.05, 0.1) is 44.0 Å². The molecular weight excluding hydrogens is 532 g/mol. The third-order valence-corrected chi connectivity index (χ3v) is 11.6. The van der Waals surface area contributed by atoms with E-state index in [9.17, 15) is 14.9 Å². The van der Waals surface area contributed by atoms with Crippen LogP contribution in [0.4, 0.5) is 0 Å². The SMILES string of the molecule is C=CC(=O)N1CCN(C2NC(OCC3CCCN3C)NC3C(=O)[C@]4(CCC32)CC2CCCC(C)C2CO4)CC1CC#N. The van der Waals surface area contributed by atoms with E-state index in [1.54, 1.807) is 4.90 Å². The Kier molecular flexibility index (Phi) is 9.07. The molecule has 0 aromatic rings. The first-order valence-electron chi connectivity index (χ1n) is 16.4. The van der Waals surface area contributed by atoms with Crippen molar-refractivity contribution in [2.24, 2.45) is 23.7 Å². The van der Waals surface area contributed by atoms with Crippen molar-refractivity contribution in [3.63, 3.8) is 0 Å². The number of nitrogens with one attached hydrogen (secondary N) is 2. The highest BCUT2D eigenvalue weighted by molar-refractivity contribution is 5.93. The summed E-state index contributed by atoms with van der Waals surface area (Å²) in [6.45, 7) is 10.2. The Balaban J connectivity index is 1.22. The van der Waals surface area contributed by atoms with Crippen LogP contribution in [0.1, 0.15) is 64.7 Å². The third-order valence-electron chi connectivity index (χ3n) is 11.6. The van der Waals surface area contributed by atoms with Crippen LogP contribution in [-0.2, 0) is 19.1 Å². The van der Waals surface area contributed by atoms with Gasteiger partial charge in [0.25, 0.3) is 0 Å². The number of ketones is 1. The van der Waals surface area contributed by atoms with E-state index in [2.05, 4.69) is 47.1 Å². The maximum atomic E-state index is 14.5. The quantitative estimate of drug-likeness (QED) is 0.455. The van der Waals surface area contributed by atoms with Gasteiger partial charge in [0.15, 0.2) is 12.1 Å². The summed E-state index contributed by atoms with van der Waals surface area (Å²) in [5.41, 5.74) is -0.705. The number of fused-ring (bicyclic) bond motifs is 2. The second kappa shape index (κ2) is 12.6. The van der Waals surface area contributed by atoms with Gasteiger partial charge in [-0.15, -0.1) is 0 Å². The van der Waals surface area contributed by atoms with Crippen molar-refractivity contribution in [1.29, 1.82) is 5.26 Å². The van der Waals surface area contributed by atoms with Crippen LogP contribution in [-0.4, -0.2) is 109 Å². The number of likely N-dealkylation sites (N-methyl/N-ethyl adjacent to an activating group) is 1. The molecule has 0 bridgehead atoms.